The van der Waals surface area contributed by atoms with Crippen LogP contribution < -0.4 is 4.90 Å². The predicted molar refractivity (Wildman–Crippen MR) is 137 cm³/mol. The fraction of sp³-hybridized carbons (Fsp3) is 0.0870. The van der Waals surface area contributed by atoms with Crippen LogP contribution in [-0.2, 0) is 0 Å². The first-order valence-electron chi connectivity index (χ1n) is 10.3. The van der Waals surface area contributed by atoms with Crippen LogP contribution in [0.4, 0.5) is 28.8 Å². The van der Waals surface area contributed by atoms with E-state index in [1.54, 1.807) is 58.0 Å². The van der Waals surface area contributed by atoms with Crippen molar-refractivity contribution in [2.75, 3.05) is 19.0 Å². The average Bonchev–Trinajstić information content (AvgIpc) is 3.23. The lowest BCUT2D eigenvalue weighted by molar-refractivity contribution is -0.393. The molecule has 182 valence electrons. The van der Waals surface area contributed by atoms with Crippen molar-refractivity contribution in [2.24, 2.45) is 10.2 Å². The van der Waals surface area contributed by atoms with Gasteiger partial charge in [-0.2, -0.15) is 0 Å². The van der Waals surface area contributed by atoms with Crippen LogP contribution in [0.25, 0.3) is 16.9 Å². The summed E-state index contributed by atoms with van der Waals surface area (Å²) in [4.78, 5) is 27.7. The second kappa shape index (κ2) is 10.1. The SMILES string of the molecule is CN(C)c1nc(-c2ccc(Cl)cc2)c(N=Nc2ccc([N+](=O)[O-])cc2[N+](=O)[O-])n1-c1ccc(Cl)cc1. The molecule has 1 aromatic heterocycles. The number of imidazole rings is 1. The number of anilines is 1. The lowest BCUT2D eigenvalue weighted by atomic mass is 10.1. The van der Waals surface area contributed by atoms with Crippen LogP contribution in [0.3, 0.4) is 0 Å². The van der Waals surface area contributed by atoms with Gasteiger partial charge in [0, 0.05) is 35.8 Å². The van der Waals surface area contributed by atoms with Crippen molar-refractivity contribution in [1.82, 2.24) is 9.55 Å². The van der Waals surface area contributed by atoms with Gasteiger partial charge in [0.05, 0.1) is 21.6 Å². The third-order valence-electron chi connectivity index (χ3n) is 5.06. The third kappa shape index (κ3) is 5.02. The summed E-state index contributed by atoms with van der Waals surface area (Å²) in [5.74, 6) is 0.783. The molecule has 0 saturated heterocycles. The van der Waals surface area contributed by atoms with Crippen LogP contribution in [0.1, 0.15) is 0 Å². The zero-order chi connectivity index (χ0) is 26.0. The number of aromatic nitrogens is 2. The topological polar surface area (TPSA) is 132 Å². The number of nitro groups is 2. The Morgan fingerprint density at radius 2 is 1.47 bits per heavy atom. The minimum absolute atomic E-state index is 0.150. The number of rotatable bonds is 7. The van der Waals surface area contributed by atoms with E-state index in [4.69, 9.17) is 28.2 Å². The predicted octanol–water partition coefficient (Wildman–Crippen LogP) is 7.14. The van der Waals surface area contributed by atoms with Gasteiger partial charge in [0.25, 0.3) is 5.69 Å². The van der Waals surface area contributed by atoms with Gasteiger partial charge >= 0.3 is 5.69 Å². The maximum Gasteiger partial charge on any atom is 0.303 e. The fourth-order valence-electron chi connectivity index (χ4n) is 3.38. The van der Waals surface area contributed by atoms with Crippen LogP contribution in [0.15, 0.2) is 77.0 Å². The Morgan fingerprint density at radius 1 is 0.861 bits per heavy atom. The molecule has 0 aliphatic rings. The molecule has 0 aliphatic heterocycles. The van der Waals surface area contributed by atoms with Crippen LogP contribution in [0.5, 0.6) is 0 Å². The van der Waals surface area contributed by atoms with Gasteiger partial charge in [-0.25, -0.2) is 4.98 Å². The molecule has 0 saturated carbocycles. The van der Waals surface area contributed by atoms with E-state index in [2.05, 4.69) is 10.2 Å². The highest BCUT2D eigenvalue weighted by Crippen LogP contribution is 2.39. The molecule has 11 nitrogen and oxygen atoms in total. The molecule has 0 radical (unpaired) electrons. The summed E-state index contributed by atoms with van der Waals surface area (Å²) in [5.41, 5.74) is 0.668. The minimum Gasteiger partial charge on any atom is -0.348 e. The van der Waals surface area contributed by atoms with E-state index in [1.807, 2.05) is 14.1 Å². The molecule has 3 aromatic carbocycles. The molecular weight excluding hydrogens is 509 g/mol. The van der Waals surface area contributed by atoms with Crippen LogP contribution in [-0.4, -0.2) is 33.5 Å². The second-order valence-electron chi connectivity index (χ2n) is 7.68. The van der Waals surface area contributed by atoms with Gasteiger partial charge in [-0.1, -0.05) is 35.3 Å². The summed E-state index contributed by atoms with van der Waals surface area (Å²) in [5, 5.41) is 32.2. The summed E-state index contributed by atoms with van der Waals surface area (Å²) in [7, 11) is 3.62. The number of benzene rings is 3. The molecule has 13 heteroatoms. The molecule has 0 aliphatic carbocycles. The van der Waals surface area contributed by atoms with Gasteiger partial charge in [-0.3, -0.25) is 24.8 Å². The smallest absolute Gasteiger partial charge is 0.303 e. The number of azo groups is 1. The Bertz CT molecular complexity index is 1480. The molecular formula is C23H17Cl2N7O4. The van der Waals surface area contributed by atoms with Crippen LogP contribution in [0.2, 0.25) is 10.0 Å². The molecule has 0 bridgehead atoms. The Hall–Kier alpha value is -4.35. The highest BCUT2D eigenvalue weighted by atomic mass is 35.5. The fourth-order valence-corrected chi connectivity index (χ4v) is 3.63. The quantitative estimate of drug-likeness (QED) is 0.143. The van der Waals surface area contributed by atoms with Crippen molar-refractivity contribution in [3.8, 4) is 16.9 Å². The van der Waals surface area contributed by atoms with E-state index in [-0.39, 0.29) is 11.5 Å². The normalized spacial score (nSPS) is 11.1. The van der Waals surface area contributed by atoms with E-state index >= 15 is 0 Å². The monoisotopic (exact) mass is 525 g/mol. The van der Waals surface area contributed by atoms with Gasteiger partial charge in [0.1, 0.15) is 5.69 Å². The van der Waals surface area contributed by atoms with Gasteiger partial charge in [-0.05, 0) is 42.5 Å². The third-order valence-corrected chi connectivity index (χ3v) is 5.56. The molecule has 0 fully saturated rings. The lowest BCUT2D eigenvalue weighted by Crippen LogP contribution is -2.14. The number of non-ortho nitro benzene ring substituents is 1. The number of halogens is 2. The number of hydrogen-bond donors (Lipinski definition) is 0. The maximum atomic E-state index is 11.6. The molecule has 0 spiro atoms. The summed E-state index contributed by atoms with van der Waals surface area (Å²) in [6.07, 6.45) is 0. The summed E-state index contributed by atoms with van der Waals surface area (Å²) >= 11 is 12.1. The molecule has 4 rings (SSSR count). The average molecular weight is 526 g/mol. The first kappa shape index (κ1) is 24.8. The molecule has 36 heavy (non-hydrogen) atoms. The van der Waals surface area contributed by atoms with Crippen molar-refractivity contribution < 1.29 is 9.85 Å². The first-order valence-corrected chi connectivity index (χ1v) is 11.1. The first-order chi connectivity index (χ1) is 17.2. The Labute approximate surface area is 214 Å². The van der Waals surface area contributed by atoms with Gasteiger partial charge in [0.2, 0.25) is 5.95 Å². The molecule has 0 atom stereocenters. The van der Waals surface area contributed by atoms with Crippen molar-refractivity contribution in [3.63, 3.8) is 0 Å². The Morgan fingerprint density at radius 3 is 2.03 bits per heavy atom. The summed E-state index contributed by atoms with van der Waals surface area (Å²) in [6, 6.07) is 17.1. The second-order valence-corrected chi connectivity index (χ2v) is 8.56. The highest BCUT2D eigenvalue weighted by molar-refractivity contribution is 6.30. The van der Waals surface area contributed by atoms with E-state index in [1.165, 1.54) is 6.07 Å². The molecule has 1 heterocycles. The molecule has 0 amide bonds. The summed E-state index contributed by atoms with van der Waals surface area (Å²) < 4.78 is 1.72. The highest BCUT2D eigenvalue weighted by Gasteiger charge is 2.23. The van der Waals surface area contributed by atoms with Crippen LogP contribution in [0, 0.1) is 20.2 Å². The Balaban J connectivity index is 1.96. The minimum atomic E-state index is -0.747. The van der Waals surface area contributed by atoms with Crippen molar-refractivity contribution in [1.29, 1.82) is 0 Å². The van der Waals surface area contributed by atoms with Crippen LogP contribution >= 0.6 is 23.2 Å². The molecule has 0 N–H and O–H groups in total. The number of hydrogen-bond acceptors (Lipinski definition) is 8. The van der Waals surface area contributed by atoms with Crippen molar-refractivity contribution >= 4 is 52.0 Å². The largest absolute Gasteiger partial charge is 0.348 e. The Kier molecular flexibility index (Phi) is 6.95. The van der Waals surface area contributed by atoms with Gasteiger partial charge in [-0.15, -0.1) is 10.2 Å². The van der Waals surface area contributed by atoms with E-state index in [0.29, 0.717) is 32.9 Å². The van der Waals surface area contributed by atoms with E-state index < -0.39 is 21.2 Å². The van der Waals surface area contributed by atoms with Gasteiger partial charge in [0.15, 0.2) is 11.5 Å². The van der Waals surface area contributed by atoms with Crippen molar-refractivity contribution in [2.45, 2.75) is 0 Å². The summed E-state index contributed by atoms with van der Waals surface area (Å²) in [6.45, 7) is 0. The van der Waals surface area contributed by atoms with Gasteiger partial charge < -0.3 is 4.90 Å². The molecule has 0 unspecified atom stereocenters. The number of nitro benzene ring substituents is 2. The molecule has 4 aromatic rings. The zero-order valence-corrected chi connectivity index (χ0v) is 20.4. The zero-order valence-electron chi connectivity index (χ0n) is 18.9. The standard InChI is InChI=1S/C23H17Cl2N7O4/c1-29(2)23-26-21(14-3-5-15(24)6-4-14)22(30(23)17-9-7-16(25)8-10-17)28-27-19-12-11-18(31(33)34)13-20(19)32(35)36/h3-13H,1-2H3. The van der Waals surface area contributed by atoms with E-state index in [0.717, 1.165) is 12.1 Å². The van der Waals surface area contributed by atoms with E-state index in [9.17, 15) is 20.2 Å². The van der Waals surface area contributed by atoms with Crippen molar-refractivity contribution in [3.05, 3.63) is 97.0 Å². The lowest BCUT2D eigenvalue weighted by Gasteiger charge is -2.15. The number of nitrogens with zero attached hydrogens (tertiary/aromatic N) is 7. The maximum absolute atomic E-state index is 11.6.